The lowest BCUT2D eigenvalue weighted by atomic mass is 10.1. The highest BCUT2D eigenvalue weighted by atomic mass is 32.2. The Morgan fingerprint density at radius 3 is 2.63 bits per heavy atom. The van der Waals surface area contributed by atoms with Crippen LogP contribution in [0.3, 0.4) is 0 Å². The first-order chi connectivity index (χ1) is 14.5. The zero-order valence-electron chi connectivity index (χ0n) is 17.7. The van der Waals surface area contributed by atoms with Gasteiger partial charge in [0.05, 0.1) is 17.7 Å². The van der Waals surface area contributed by atoms with Crippen molar-refractivity contribution >= 4 is 40.3 Å². The number of amidine groups is 1. The van der Waals surface area contributed by atoms with Crippen LogP contribution in [0.1, 0.15) is 36.0 Å². The Bertz CT molecular complexity index is 1020. The van der Waals surface area contributed by atoms with E-state index in [0.717, 1.165) is 35.7 Å². The first-order valence-electron chi connectivity index (χ1n) is 10.3. The lowest BCUT2D eigenvalue weighted by molar-refractivity contribution is -0.115. The van der Waals surface area contributed by atoms with E-state index in [2.05, 4.69) is 40.3 Å². The lowest BCUT2D eigenvalue weighted by Gasteiger charge is -2.29. The number of hydrogen-bond donors (Lipinski definition) is 1. The summed E-state index contributed by atoms with van der Waals surface area (Å²) >= 11 is 1.36. The van der Waals surface area contributed by atoms with Crippen molar-refractivity contribution in [3.8, 4) is 5.75 Å². The molecule has 1 amide bonds. The number of carbonyl (C=O) groups is 1. The van der Waals surface area contributed by atoms with Gasteiger partial charge in [0.2, 0.25) is 0 Å². The zero-order chi connectivity index (χ0) is 21.1. The fourth-order valence-corrected chi connectivity index (χ4v) is 4.66. The van der Waals surface area contributed by atoms with Gasteiger partial charge in [-0.3, -0.25) is 4.79 Å². The predicted molar refractivity (Wildman–Crippen MR) is 126 cm³/mol. The summed E-state index contributed by atoms with van der Waals surface area (Å²) < 4.78 is 5.63. The fourth-order valence-electron chi connectivity index (χ4n) is 3.83. The maximum Gasteiger partial charge on any atom is 0.264 e. The molecule has 156 valence electrons. The Balaban J connectivity index is 1.56. The number of benzene rings is 2. The second-order valence-corrected chi connectivity index (χ2v) is 8.78. The molecule has 0 atom stereocenters. The van der Waals surface area contributed by atoms with Gasteiger partial charge in [0.25, 0.3) is 5.91 Å². The summed E-state index contributed by atoms with van der Waals surface area (Å²) in [5.41, 5.74) is 5.22. The van der Waals surface area contributed by atoms with Gasteiger partial charge in [-0.15, -0.1) is 0 Å². The molecule has 6 heteroatoms. The highest BCUT2D eigenvalue weighted by molar-refractivity contribution is 8.18. The first-order valence-corrected chi connectivity index (χ1v) is 11.1. The topological polar surface area (TPSA) is 53.9 Å². The van der Waals surface area contributed by atoms with Crippen LogP contribution in [0.2, 0.25) is 0 Å². The first kappa shape index (κ1) is 20.5. The van der Waals surface area contributed by atoms with Crippen LogP contribution in [-0.4, -0.2) is 31.3 Å². The molecule has 2 aliphatic rings. The Morgan fingerprint density at radius 1 is 1.10 bits per heavy atom. The molecule has 0 bridgehead atoms. The largest absolute Gasteiger partial charge is 0.496 e. The molecule has 0 aliphatic carbocycles. The van der Waals surface area contributed by atoms with Gasteiger partial charge in [-0.05, 0) is 74.7 Å². The van der Waals surface area contributed by atoms with E-state index in [1.54, 1.807) is 7.11 Å². The van der Waals surface area contributed by atoms with Crippen LogP contribution in [0, 0.1) is 13.8 Å². The van der Waals surface area contributed by atoms with E-state index in [-0.39, 0.29) is 5.91 Å². The van der Waals surface area contributed by atoms with Gasteiger partial charge in [-0.25, -0.2) is 4.99 Å². The van der Waals surface area contributed by atoms with Gasteiger partial charge >= 0.3 is 0 Å². The average molecular weight is 422 g/mol. The van der Waals surface area contributed by atoms with Crippen molar-refractivity contribution < 1.29 is 9.53 Å². The molecule has 1 N–H and O–H groups in total. The van der Waals surface area contributed by atoms with Gasteiger partial charge in [0.1, 0.15) is 5.75 Å². The molecule has 0 radical (unpaired) electrons. The summed E-state index contributed by atoms with van der Waals surface area (Å²) in [4.78, 5) is 20.1. The molecule has 30 heavy (non-hydrogen) atoms. The monoisotopic (exact) mass is 421 g/mol. The van der Waals surface area contributed by atoms with Crippen LogP contribution in [0.15, 0.2) is 46.3 Å². The summed E-state index contributed by atoms with van der Waals surface area (Å²) in [6.45, 7) is 6.25. The molecule has 0 spiro atoms. The van der Waals surface area contributed by atoms with Crippen LogP contribution in [0.5, 0.6) is 5.75 Å². The van der Waals surface area contributed by atoms with E-state index in [1.165, 1.54) is 42.3 Å². The highest BCUT2D eigenvalue weighted by Crippen LogP contribution is 2.33. The number of rotatable bonds is 4. The molecule has 0 saturated carbocycles. The number of amides is 1. The van der Waals surface area contributed by atoms with Crippen molar-refractivity contribution in [1.29, 1.82) is 0 Å². The minimum Gasteiger partial charge on any atom is -0.496 e. The van der Waals surface area contributed by atoms with Crippen molar-refractivity contribution in [3.63, 3.8) is 0 Å². The molecule has 2 heterocycles. The quantitative estimate of drug-likeness (QED) is 0.690. The normalized spacial score (nSPS) is 19.4. The number of nitrogens with one attached hydrogen (secondary N) is 1. The number of thioether (sulfide) groups is 1. The van der Waals surface area contributed by atoms with Crippen molar-refractivity contribution in [3.05, 3.63) is 58.0 Å². The molecule has 0 aromatic heterocycles. The number of carbonyl (C=O) groups excluding carboxylic acids is 1. The third-order valence-corrected chi connectivity index (χ3v) is 6.36. The number of aliphatic imine (C=N–C) groups is 1. The summed E-state index contributed by atoms with van der Waals surface area (Å²) in [6, 6.07) is 12.3. The van der Waals surface area contributed by atoms with Crippen molar-refractivity contribution in [2.24, 2.45) is 4.99 Å². The Labute approximate surface area is 182 Å². The van der Waals surface area contributed by atoms with E-state index >= 15 is 0 Å². The molecule has 2 saturated heterocycles. The van der Waals surface area contributed by atoms with Crippen molar-refractivity contribution in [1.82, 2.24) is 5.32 Å². The van der Waals surface area contributed by atoms with Gasteiger partial charge < -0.3 is 15.0 Å². The summed E-state index contributed by atoms with van der Waals surface area (Å²) in [6.07, 6.45) is 5.64. The predicted octanol–water partition coefficient (Wildman–Crippen LogP) is 5.19. The molecule has 2 fully saturated rings. The third-order valence-electron chi connectivity index (χ3n) is 5.45. The van der Waals surface area contributed by atoms with Gasteiger partial charge in [0.15, 0.2) is 5.17 Å². The van der Waals surface area contributed by atoms with Gasteiger partial charge in [-0.2, -0.15) is 0 Å². The third kappa shape index (κ3) is 4.54. The second kappa shape index (κ2) is 8.96. The molecule has 0 unspecified atom stereocenters. The number of anilines is 1. The van der Waals surface area contributed by atoms with E-state index in [0.29, 0.717) is 10.1 Å². The number of piperidine rings is 1. The Morgan fingerprint density at radius 2 is 1.90 bits per heavy atom. The highest BCUT2D eigenvalue weighted by Gasteiger charge is 2.24. The summed E-state index contributed by atoms with van der Waals surface area (Å²) in [5, 5.41) is 3.47. The Kier molecular flexibility index (Phi) is 6.13. The Hall–Kier alpha value is -2.73. The average Bonchev–Trinajstić information content (AvgIpc) is 3.10. The van der Waals surface area contributed by atoms with Crippen LogP contribution in [-0.2, 0) is 4.79 Å². The van der Waals surface area contributed by atoms with Crippen LogP contribution in [0.4, 0.5) is 11.4 Å². The maximum absolute atomic E-state index is 12.5. The minimum absolute atomic E-state index is 0.134. The van der Waals surface area contributed by atoms with Crippen LogP contribution in [0.25, 0.3) is 6.08 Å². The fraction of sp³-hybridized carbons (Fsp3) is 0.333. The molecule has 2 aromatic carbocycles. The number of hydrogen-bond acceptors (Lipinski definition) is 5. The van der Waals surface area contributed by atoms with E-state index in [9.17, 15) is 4.79 Å². The van der Waals surface area contributed by atoms with E-state index in [1.807, 2.05) is 31.2 Å². The number of aryl methyl sites for hydroxylation is 2. The van der Waals surface area contributed by atoms with E-state index in [4.69, 9.17) is 4.74 Å². The second-order valence-electron chi connectivity index (χ2n) is 7.75. The molecular weight excluding hydrogens is 394 g/mol. The number of methoxy groups -OCH3 is 1. The number of nitrogens with zero attached hydrogens (tertiary/aromatic N) is 2. The number of ether oxygens (including phenoxy) is 1. The van der Waals surface area contributed by atoms with Crippen LogP contribution < -0.4 is 15.0 Å². The summed E-state index contributed by atoms with van der Waals surface area (Å²) in [7, 11) is 1.67. The van der Waals surface area contributed by atoms with E-state index < -0.39 is 0 Å². The molecule has 2 aliphatic heterocycles. The maximum atomic E-state index is 12.5. The SMILES string of the molecule is COc1cc(N2CCCCC2)ccc1/C=C1\SC(=Nc2ccc(C)cc2C)NC1=O. The van der Waals surface area contributed by atoms with Crippen molar-refractivity contribution in [2.75, 3.05) is 25.1 Å². The summed E-state index contributed by atoms with van der Waals surface area (Å²) in [5.74, 6) is 0.643. The molecular formula is C24H27N3O2S. The minimum atomic E-state index is -0.134. The molecule has 5 nitrogen and oxygen atoms in total. The standard InChI is InChI=1S/C24H27N3O2S/c1-16-7-10-20(17(2)13-16)25-24-26-23(28)22(30-24)14-18-8-9-19(15-21(18)29-3)27-11-5-4-6-12-27/h7-10,13-15H,4-6,11-12H2,1-3H3,(H,25,26,28)/b22-14-. The van der Waals surface area contributed by atoms with Crippen molar-refractivity contribution in [2.45, 2.75) is 33.1 Å². The molecule has 4 rings (SSSR count). The smallest absolute Gasteiger partial charge is 0.264 e. The molecule has 2 aromatic rings. The van der Waals surface area contributed by atoms with Gasteiger partial charge in [-0.1, -0.05) is 17.7 Å². The van der Waals surface area contributed by atoms with Crippen LogP contribution >= 0.6 is 11.8 Å². The van der Waals surface area contributed by atoms with Gasteiger partial charge in [0, 0.05) is 30.4 Å². The lowest BCUT2D eigenvalue weighted by Crippen LogP contribution is -2.29. The zero-order valence-corrected chi connectivity index (χ0v) is 18.5.